The van der Waals surface area contributed by atoms with Gasteiger partial charge in [0.15, 0.2) is 11.6 Å². The molecule has 0 spiro atoms. The number of anilines is 3. The van der Waals surface area contributed by atoms with E-state index in [-0.39, 0.29) is 5.91 Å². The fourth-order valence-electron chi connectivity index (χ4n) is 2.39. The van der Waals surface area contributed by atoms with Crippen LogP contribution in [-0.4, -0.2) is 10.9 Å². The first kappa shape index (κ1) is 17.5. The zero-order chi connectivity index (χ0) is 18.4. The zero-order valence-corrected chi connectivity index (χ0v) is 13.9. The van der Waals surface area contributed by atoms with Crippen molar-refractivity contribution in [3.05, 3.63) is 84.1 Å². The van der Waals surface area contributed by atoms with Crippen LogP contribution in [0.25, 0.3) is 0 Å². The molecule has 0 aliphatic carbocycles. The summed E-state index contributed by atoms with van der Waals surface area (Å²) in [5.74, 6) is -1.48. The van der Waals surface area contributed by atoms with Crippen LogP contribution in [0, 0.1) is 11.6 Å². The zero-order valence-electron chi connectivity index (χ0n) is 13.9. The number of benzene rings is 2. The Morgan fingerprint density at radius 1 is 0.923 bits per heavy atom. The van der Waals surface area contributed by atoms with Gasteiger partial charge in [0, 0.05) is 18.2 Å². The molecule has 0 atom stereocenters. The predicted octanol–water partition coefficient (Wildman–Crippen LogP) is 4.67. The van der Waals surface area contributed by atoms with Crippen molar-refractivity contribution in [2.45, 2.75) is 12.8 Å². The number of nitrogens with zero attached hydrogens (tertiary/aromatic N) is 1. The number of rotatable bonds is 6. The third kappa shape index (κ3) is 4.86. The van der Waals surface area contributed by atoms with Crippen molar-refractivity contribution in [3.8, 4) is 0 Å². The summed E-state index contributed by atoms with van der Waals surface area (Å²) in [6, 6.07) is 16.6. The Kier molecular flexibility index (Phi) is 5.53. The van der Waals surface area contributed by atoms with Crippen LogP contribution in [0.3, 0.4) is 0 Å². The van der Waals surface area contributed by atoms with E-state index in [1.165, 1.54) is 12.3 Å². The molecule has 0 saturated heterocycles. The second-order valence-electron chi connectivity index (χ2n) is 5.72. The van der Waals surface area contributed by atoms with Crippen molar-refractivity contribution in [3.63, 3.8) is 0 Å². The molecule has 132 valence electrons. The van der Waals surface area contributed by atoms with E-state index < -0.39 is 11.6 Å². The molecule has 0 unspecified atom stereocenters. The summed E-state index contributed by atoms with van der Waals surface area (Å²) in [6.45, 7) is 0. The molecule has 1 aromatic heterocycles. The summed E-state index contributed by atoms with van der Waals surface area (Å²) in [5.41, 5.74) is 2.06. The van der Waals surface area contributed by atoms with E-state index in [0.717, 1.165) is 17.7 Å². The smallest absolute Gasteiger partial charge is 0.224 e. The summed E-state index contributed by atoms with van der Waals surface area (Å²) >= 11 is 0. The number of halogens is 2. The first-order chi connectivity index (χ1) is 12.6. The fourth-order valence-corrected chi connectivity index (χ4v) is 2.39. The summed E-state index contributed by atoms with van der Waals surface area (Å²) in [7, 11) is 0. The molecule has 2 N–H and O–H groups in total. The largest absolute Gasteiger partial charge is 0.340 e. The number of hydrogen-bond acceptors (Lipinski definition) is 3. The van der Waals surface area contributed by atoms with Gasteiger partial charge < -0.3 is 10.6 Å². The van der Waals surface area contributed by atoms with Crippen LogP contribution in [-0.2, 0) is 11.2 Å². The maximum absolute atomic E-state index is 13.2. The lowest BCUT2D eigenvalue weighted by Gasteiger charge is -2.08. The quantitative estimate of drug-likeness (QED) is 0.677. The third-order valence-corrected chi connectivity index (χ3v) is 3.72. The second kappa shape index (κ2) is 8.20. The Bertz CT molecular complexity index is 883. The number of amides is 1. The molecular formula is C20H17F2N3O. The van der Waals surface area contributed by atoms with Crippen molar-refractivity contribution in [1.82, 2.24) is 4.98 Å². The third-order valence-electron chi connectivity index (χ3n) is 3.72. The van der Waals surface area contributed by atoms with Gasteiger partial charge in [-0.3, -0.25) is 4.79 Å². The molecule has 2 aromatic carbocycles. The number of pyridine rings is 1. The average Bonchev–Trinajstić information content (AvgIpc) is 2.65. The molecule has 4 nitrogen and oxygen atoms in total. The lowest BCUT2D eigenvalue weighted by molar-refractivity contribution is -0.116. The summed E-state index contributed by atoms with van der Waals surface area (Å²) in [5, 5.41) is 5.65. The van der Waals surface area contributed by atoms with Gasteiger partial charge in [0.05, 0.1) is 11.9 Å². The van der Waals surface area contributed by atoms with E-state index in [1.54, 1.807) is 12.1 Å². The monoisotopic (exact) mass is 353 g/mol. The maximum Gasteiger partial charge on any atom is 0.224 e. The Morgan fingerprint density at radius 2 is 1.69 bits per heavy atom. The van der Waals surface area contributed by atoms with Crippen LogP contribution in [0.4, 0.5) is 26.0 Å². The standard InChI is InChI=1S/C20H17F2N3O/c21-17-9-7-15(12-18(17)22)24-19-10-8-16(13-23-19)25-20(26)11-6-14-4-2-1-3-5-14/h1-5,7-10,12-13H,6,11H2,(H,23,24)(H,25,26). The summed E-state index contributed by atoms with van der Waals surface area (Å²) in [4.78, 5) is 16.2. The molecule has 0 radical (unpaired) electrons. The minimum atomic E-state index is -0.933. The van der Waals surface area contributed by atoms with Crippen molar-refractivity contribution in [2.24, 2.45) is 0 Å². The average molecular weight is 353 g/mol. The minimum Gasteiger partial charge on any atom is -0.340 e. The van der Waals surface area contributed by atoms with E-state index in [1.807, 2.05) is 30.3 Å². The Balaban J connectivity index is 1.53. The number of aryl methyl sites for hydroxylation is 1. The number of hydrogen-bond donors (Lipinski definition) is 2. The molecule has 1 heterocycles. The Morgan fingerprint density at radius 3 is 2.38 bits per heavy atom. The second-order valence-corrected chi connectivity index (χ2v) is 5.72. The molecule has 0 aliphatic heterocycles. The lowest BCUT2D eigenvalue weighted by atomic mass is 10.1. The minimum absolute atomic E-state index is 0.100. The topological polar surface area (TPSA) is 54.0 Å². The van der Waals surface area contributed by atoms with Crippen LogP contribution in [0.15, 0.2) is 66.9 Å². The van der Waals surface area contributed by atoms with Gasteiger partial charge in [-0.15, -0.1) is 0 Å². The molecule has 0 fully saturated rings. The highest BCUT2D eigenvalue weighted by atomic mass is 19.2. The number of nitrogens with one attached hydrogen (secondary N) is 2. The molecule has 0 saturated carbocycles. The van der Waals surface area contributed by atoms with Crippen molar-refractivity contribution in [1.29, 1.82) is 0 Å². The molecule has 0 aliphatic rings. The fraction of sp³-hybridized carbons (Fsp3) is 0.100. The van der Waals surface area contributed by atoms with Gasteiger partial charge in [-0.1, -0.05) is 30.3 Å². The van der Waals surface area contributed by atoms with Crippen LogP contribution in [0.5, 0.6) is 0 Å². The summed E-state index contributed by atoms with van der Waals surface area (Å²) in [6.07, 6.45) is 2.54. The number of aromatic nitrogens is 1. The van der Waals surface area contributed by atoms with E-state index in [4.69, 9.17) is 0 Å². The van der Waals surface area contributed by atoms with Gasteiger partial charge in [0.25, 0.3) is 0 Å². The van der Waals surface area contributed by atoms with Gasteiger partial charge in [-0.25, -0.2) is 13.8 Å². The van der Waals surface area contributed by atoms with Crippen molar-refractivity contribution < 1.29 is 13.6 Å². The SMILES string of the molecule is O=C(CCc1ccccc1)Nc1ccc(Nc2ccc(F)c(F)c2)nc1. The first-order valence-electron chi connectivity index (χ1n) is 8.12. The highest BCUT2D eigenvalue weighted by Crippen LogP contribution is 2.18. The van der Waals surface area contributed by atoms with Gasteiger partial charge in [0.2, 0.25) is 5.91 Å². The molecule has 3 rings (SSSR count). The van der Waals surface area contributed by atoms with E-state index in [0.29, 0.717) is 30.0 Å². The first-order valence-corrected chi connectivity index (χ1v) is 8.12. The Hall–Kier alpha value is -3.28. The molecule has 1 amide bonds. The van der Waals surface area contributed by atoms with E-state index >= 15 is 0 Å². The van der Waals surface area contributed by atoms with Gasteiger partial charge in [-0.05, 0) is 36.2 Å². The van der Waals surface area contributed by atoms with Crippen LogP contribution in [0.1, 0.15) is 12.0 Å². The van der Waals surface area contributed by atoms with Crippen LogP contribution >= 0.6 is 0 Å². The van der Waals surface area contributed by atoms with E-state index in [2.05, 4.69) is 15.6 Å². The molecule has 26 heavy (non-hydrogen) atoms. The maximum atomic E-state index is 13.2. The van der Waals surface area contributed by atoms with E-state index in [9.17, 15) is 13.6 Å². The molecular weight excluding hydrogens is 336 g/mol. The summed E-state index contributed by atoms with van der Waals surface area (Å²) < 4.78 is 26.1. The highest BCUT2D eigenvalue weighted by molar-refractivity contribution is 5.90. The van der Waals surface area contributed by atoms with Crippen LogP contribution < -0.4 is 10.6 Å². The molecule has 0 bridgehead atoms. The number of carbonyl (C=O) groups is 1. The van der Waals surface area contributed by atoms with Gasteiger partial charge in [-0.2, -0.15) is 0 Å². The van der Waals surface area contributed by atoms with Gasteiger partial charge in [0.1, 0.15) is 5.82 Å². The van der Waals surface area contributed by atoms with Gasteiger partial charge >= 0.3 is 0 Å². The molecule has 6 heteroatoms. The normalized spacial score (nSPS) is 10.4. The highest BCUT2D eigenvalue weighted by Gasteiger charge is 2.05. The molecule has 3 aromatic rings. The predicted molar refractivity (Wildman–Crippen MR) is 97.3 cm³/mol. The van der Waals surface area contributed by atoms with Crippen LogP contribution in [0.2, 0.25) is 0 Å². The van der Waals surface area contributed by atoms with Crippen molar-refractivity contribution >= 4 is 23.1 Å². The van der Waals surface area contributed by atoms with Crippen molar-refractivity contribution in [2.75, 3.05) is 10.6 Å². The number of carbonyl (C=O) groups excluding carboxylic acids is 1. The lowest BCUT2D eigenvalue weighted by Crippen LogP contribution is -2.12. The Labute approximate surface area is 149 Å².